The average molecular weight is 123 g/mol. The van der Waals surface area contributed by atoms with Crippen LogP contribution >= 0.6 is 0 Å². The monoisotopic (exact) mass is 123 g/mol. The second-order valence-electron chi connectivity index (χ2n) is 2.76. The largest absolute Gasteiger partial charge is 0.266 e. The molecule has 0 aromatic heterocycles. The molecule has 0 radical (unpaired) electrons. The van der Waals surface area contributed by atoms with Gasteiger partial charge in [0, 0.05) is 17.8 Å². The fourth-order valence-electron chi connectivity index (χ4n) is 0.961. The van der Waals surface area contributed by atoms with Crippen LogP contribution in [0.2, 0.25) is 0 Å². The molecule has 0 aromatic rings. The lowest BCUT2D eigenvalue weighted by atomic mass is 9.90. The zero-order valence-electron chi connectivity index (χ0n) is 6.26. The molecule has 1 aliphatic heterocycles. The van der Waals surface area contributed by atoms with Crippen molar-refractivity contribution in [3.63, 3.8) is 0 Å². The first-order chi connectivity index (χ1) is 4.22. The zero-order chi connectivity index (χ0) is 6.85. The van der Waals surface area contributed by atoms with Gasteiger partial charge >= 0.3 is 0 Å². The molecule has 9 heavy (non-hydrogen) atoms. The van der Waals surface area contributed by atoms with Crippen molar-refractivity contribution in [2.24, 2.45) is 16.8 Å². The smallest absolute Gasteiger partial charge is 0.0230 e. The lowest BCUT2D eigenvalue weighted by molar-refractivity contribution is 0.579. The number of hydrogen-bond donors (Lipinski definition) is 0. The molecule has 1 heterocycles. The molecule has 0 saturated heterocycles. The SMILES string of the molecule is CC1=NC=CC(C)[C@@H]1C. The first-order valence-corrected chi connectivity index (χ1v) is 3.43. The van der Waals surface area contributed by atoms with Gasteiger partial charge in [-0.1, -0.05) is 19.9 Å². The molecule has 0 fully saturated rings. The number of hydrogen-bond acceptors (Lipinski definition) is 1. The second-order valence-corrected chi connectivity index (χ2v) is 2.76. The third-order valence-corrected chi connectivity index (χ3v) is 2.12. The molecule has 1 rings (SSSR count). The van der Waals surface area contributed by atoms with E-state index in [1.54, 1.807) is 0 Å². The normalized spacial score (nSPS) is 34.3. The van der Waals surface area contributed by atoms with Crippen molar-refractivity contribution in [2.75, 3.05) is 0 Å². The van der Waals surface area contributed by atoms with E-state index in [1.807, 2.05) is 6.20 Å². The molecule has 0 amide bonds. The molecule has 1 unspecified atom stereocenters. The van der Waals surface area contributed by atoms with Crippen LogP contribution in [0.3, 0.4) is 0 Å². The predicted octanol–water partition coefficient (Wildman–Crippen LogP) is 2.25. The van der Waals surface area contributed by atoms with Crippen LogP contribution in [0.5, 0.6) is 0 Å². The molecule has 0 spiro atoms. The van der Waals surface area contributed by atoms with Crippen LogP contribution in [-0.2, 0) is 0 Å². The molecular formula is C8H13N. The van der Waals surface area contributed by atoms with Gasteiger partial charge in [0.25, 0.3) is 0 Å². The van der Waals surface area contributed by atoms with Gasteiger partial charge in [0.05, 0.1) is 0 Å². The van der Waals surface area contributed by atoms with Crippen molar-refractivity contribution in [3.8, 4) is 0 Å². The molecule has 0 saturated carbocycles. The molecule has 0 aliphatic carbocycles. The summed E-state index contributed by atoms with van der Waals surface area (Å²) in [7, 11) is 0. The van der Waals surface area contributed by atoms with Gasteiger partial charge in [0.15, 0.2) is 0 Å². The van der Waals surface area contributed by atoms with Crippen molar-refractivity contribution in [1.29, 1.82) is 0 Å². The van der Waals surface area contributed by atoms with Crippen molar-refractivity contribution in [1.82, 2.24) is 0 Å². The van der Waals surface area contributed by atoms with Crippen LogP contribution in [0.4, 0.5) is 0 Å². The van der Waals surface area contributed by atoms with E-state index < -0.39 is 0 Å². The Bertz CT molecular complexity index is 156. The Morgan fingerprint density at radius 1 is 1.44 bits per heavy atom. The third-order valence-electron chi connectivity index (χ3n) is 2.12. The second kappa shape index (κ2) is 2.34. The molecule has 0 N–H and O–H groups in total. The highest BCUT2D eigenvalue weighted by molar-refractivity contribution is 5.85. The maximum Gasteiger partial charge on any atom is 0.0230 e. The summed E-state index contributed by atoms with van der Waals surface area (Å²) in [5.74, 6) is 1.30. The maximum atomic E-state index is 4.20. The average Bonchev–Trinajstić information content (AvgIpc) is 1.83. The van der Waals surface area contributed by atoms with Gasteiger partial charge in [-0.2, -0.15) is 0 Å². The minimum atomic E-state index is 0.634. The van der Waals surface area contributed by atoms with Gasteiger partial charge in [-0.05, 0) is 12.8 Å². The first-order valence-electron chi connectivity index (χ1n) is 3.43. The highest BCUT2D eigenvalue weighted by Gasteiger charge is 2.13. The summed E-state index contributed by atoms with van der Waals surface area (Å²) < 4.78 is 0. The van der Waals surface area contributed by atoms with E-state index in [9.17, 15) is 0 Å². The molecule has 1 nitrogen and oxygen atoms in total. The van der Waals surface area contributed by atoms with E-state index in [1.165, 1.54) is 5.71 Å². The molecule has 1 heteroatoms. The fourth-order valence-corrected chi connectivity index (χ4v) is 0.961. The van der Waals surface area contributed by atoms with E-state index in [0.29, 0.717) is 11.8 Å². The minimum Gasteiger partial charge on any atom is -0.266 e. The van der Waals surface area contributed by atoms with Gasteiger partial charge < -0.3 is 0 Å². The van der Waals surface area contributed by atoms with Crippen molar-refractivity contribution in [3.05, 3.63) is 12.3 Å². The minimum absolute atomic E-state index is 0.634. The summed E-state index contributed by atoms with van der Waals surface area (Å²) in [5, 5.41) is 0. The number of aliphatic imine (C=N–C) groups is 1. The Balaban J connectivity index is 2.73. The fraction of sp³-hybridized carbons (Fsp3) is 0.625. The van der Waals surface area contributed by atoms with Gasteiger partial charge in [-0.25, -0.2) is 0 Å². The van der Waals surface area contributed by atoms with Gasteiger partial charge in [-0.15, -0.1) is 0 Å². The Labute approximate surface area is 56.5 Å². The first kappa shape index (κ1) is 6.53. The van der Waals surface area contributed by atoms with E-state index >= 15 is 0 Å². The van der Waals surface area contributed by atoms with E-state index in [2.05, 4.69) is 31.8 Å². The summed E-state index contributed by atoms with van der Waals surface area (Å²) in [5.41, 5.74) is 1.25. The summed E-state index contributed by atoms with van der Waals surface area (Å²) in [6.07, 6.45) is 4.05. The van der Waals surface area contributed by atoms with Gasteiger partial charge in [0.2, 0.25) is 0 Å². The summed E-state index contributed by atoms with van der Waals surface area (Å²) >= 11 is 0. The summed E-state index contributed by atoms with van der Waals surface area (Å²) in [6.45, 7) is 6.52. The Kier molecular flexibility index (Phi) is 1.70. The molecular weight excluding hydrogens is 110 g/mol. The maximum absolute atomic E-state index is 4.20. The van der Waals surface area contributed by atoms with Crippen molar-refractivity contribution >= 4 is 5.71 Å². The predicted molar refractivity (Wildman–Crippen MR) is 40.6 cm³/mol. The highest BCUT2D eigenvalue weighted by atomic mass is 14.7. The van der Waals surface area contributed by atoms with Crippen LogP contribution in [0.25, 0.3) is 0 Å². The Morgan fingerprint density at radius 2 is 2.11 bits per heavy atom. The van der Waals surface area contributed by atoms with Crippen LogP contribution in [-0.4, -0.2) is 5.71 Å². The number of rotatable bonds is 0. The van der Waals surface area contributed by atoms with Crippen LogP contribution in [0.15, 0.2) is 17.3 Å². The third kappa shape index (κ3) is 1.21. The topological polar surface area (TPSA) is 12.4 Å². The summed E-state index contributed by atoms with van der Waals surface area (Å²) in [4.78, 5) is 4.20. The quantitative estimate of drug-likeness (QED) is 0.468. The van der Waals surface area contributed by atoms with Crippen molar-refractivity contribution < 1.29 is 0 Å². The lowest BCUT2D eigenvalue weighted by Crippen LogP contribution is -2.16. The van der Waals surface area contributed by atoms with Crippen LogP contribution < -0.4 is 0 Å². The van der Waals surface area contributed by atoms with E-state index in [-0.39, 0.29) is 0 Å². The van der Waals surface area contributed by atoms with Crippen LogP contribution in [0.1, 0.15) is 20.8 Å². The van der Waals surface area contributed by atoms with E-state index in [0.717, 1.165) is 0 Å². The highest BCUT2D eigenvalue weighted by Crippen LogP contribution is 2.17. The van der Waals surface area contributed by atoms with Gasteiger partial charge in [0.1, 0.15) is 0 Å². The Morgan fingerprint density at radius 3 is 2.56 bits per heavy atom. The lowest BCUT2D eigenvalue weighted by Gasteiger charge is -2.18. The number of allylic oxidation sites excluding steroid dienone is 1. The number of nitrogens with zero attached hydrogens (tertiary/aromatic N) is 1. The Hall–Kier alpha value is -0.590. The molecule has 1 aliphatic rings. The molecule has 2 atom stereocenters. The zero-order valence-corrected chi connectivity index (χ0v) is 6.26. The molecule has 50 valence electrons. The van der Waals surface area contributed by atoms with Gasteiger partial charge in [-0.3, -0.25) is 4.99 Å². The van der Waals surface area contributed by atoms with Crippen molar-refractivity contribution in [2.45, 2.75) is 20.8 Å². The summed E-state index contributed by atoms with van der Waals surface area (Å²) in [6, 6.07) is 0. The molecule has 0 bridgehead atoms. The van der Waals surface area contributed by atoms with E-state index in [4.69, 9.17) is 0 Å². The van der Waals surface area contributed by atoms with Crippen LogP contribution in [0, 0.1) is 11.8 Å². The standard InChI is InChI=1S/C8H13N/c1-6-4-5-9-8(3)7(6)2/h4-7H,1-3H3/t6?,7-/m0/s1. The molecule has 0 aromatic carbocycles.